The van der Waals surface area contributed by atoms with Gasteiger partial charge in [-0.15, -0.1) is 0 Å². The summed E-state index contributed by atoms with van der Waals surface area (Å²) in [6, 6.07) is 0. The van der Waals surface area contributed by atoms with E-state index in [1.165, 1.54) is 6.33 Å². The molecule has 3 rings (SSSR count). The molecule has 5 nitrogen and oxygen atoms in total. The first-order chi connectivity index (χ1) is 10.0. The van der Waals surface area contributed by atoms with Crippen LogP contribution in [0.15, 0.2) is 6.33 Å². The average molecular weight is 317 g/mol. The number of aromatic amines is 1. The lowest BCUT2D eigenvalue weighted by Gasteiger charge is -2.21. The Balaban J connectivity index is 2.13. The fraction of sp³-hybridized carbons (Fsp3) is 0.615. The second kappa shape index (κ2) is 4.30. The molecule has 1 aliphatic heterocycles. The predicted octanol–water partition coefficient (Wildman–Crippen LogP) is 2.74. The minimum absolute atomic E-state index is 0.0317. The van der Waals surface area contributed by atoms with Crippen molar-refractivity contribution >= 4 is 17.0 Å². The van der Waals surface area contributed by atoms with E-state index in [4.69, 9.17) is 0 Å². The van der Waals surface area contributed by atoms with Crippen molar-refractivity contribution in [3.05, 3.63) is 12.2 Å². The van der Waals surface area contributed by atoms with Crippen LogP contribution in [0.2, 0.25) is 0 Å². The monoisotopic (exact) mass is 317 g/mol. The van der Waals surface area contributed by atoms with Gasteiger partial charge in [0.25, 0.3) is 0 Å². The minimum atomic E-state index is -4.09. The van der Waals surface area contributed by atoms with E-state index in [0.29, 0.717) is 5.82 Å². The Morgan fingerprint density at radius 3 is 2.23 bits per heavy atom. The molecule has 3 heterocycles. The third kappa shape index (κ3) is 2.19. The Morgan fingerprint density at radius 2 is 1.68 bits per heavy atom. The van der Waals surface area contributed by atoms with E-state index in [-0.39, 0.29) is 17.0 Å². The van der Waals surface area contributed by atoms with Crippen molar-refractivity contribution in [3.63, 3.8) is 0 Å². The summed E-state index contributed by atoms with van der Waals surface area (Å²) in [4.78, 5) is 16.1. The van der Waals surface area contributed by atoms with Crippen molar-refractivity contribution in [3.8, 4) is 0 Å². The van der Waals surface area contributed by atoms with E-state index >= 15 is 0 Å². The molecule has 2 aromatic heterocycles. The molecule has 0 spiro atoms. The van der Waals surface area contributed by atoms with Crippen LogP contribution in [-0.2, 0) is 5.41 Å². The Kier molecular flexibility index (Phi) is 2.93. The third-order valence-corrected chi connectivity index (χ3v) is 3.55. The van der Waals surface area contributed by atoms with Crippen molar-refractivity contribution < 1.29 is 17.6 Å². The lowest BCUT2D eigenvalue weighted by Crippen LogP contribution is -2.38. The summed E-state index contributed by atoms with van der Waals surface area (Å²) in [6.07, 6.45) is 1.33. The predicted molar refractivity (Wildman–Crippen MR) is 72.5 cm³/mol. The highest BCUT2D eigenvalue weighted by Crippen LogP contribution is 2.43. The zero-order valence-corrected chi connectivity index (χ0v) is 12.3. The van der Waals surface area contributed by atoms with Crippen LogP contribution in [0.4, 0.5) is 23.4 Å². The largest absolute Gasteiger partial charge is 0.342 e. The minimum Gasteiger partial charge on any atom is -0.342 e. The molecule has 1 N–H and O–H groups in total. The van der Waals surface area contributed by atoms with Gasteiger partial charge < -0.3 is 9.88 Å². The molecule has 0 radical (unpaired) electrons. The van der Waals surface area contributed by atoms with E-state index in [9.17, 15) is 17.6 Å². The maximum Gasteiger partial charge on any atom is 0.329 e. The number of H-pyrrole nitrogens is 1. The zero-order chi connectivity index (χ0) is 16.3. The Bertz CT molecular complexity index is 703. The van der Waals surface area contributed by atoms with Gasteiger partial charge in [-0.1, -0.05) is 20.8 Å². The second-order valence-electron chi connectivity index (χ2n) is 6.49. The lowest BCUT2D eigenvalue weighted by molar-refractivity contribution is -0.172. The summed E-state index contributed by atoms with van der Waals surface area (Å²) in [5.74, 6) is -7.79. The number of nitrogens with zero attached hydrogens (tertiary/aromatic N) is 4. The molecule has 0 amide bonds. The van der Waals surface area contributed by atoms with Gasteiger partial charge in [0.15, 0.2) is 11.5 Å². The van der Waals surface area contributed by atoms with E-state index < -0.39 is 30.3 Å². The first-order valence-corrected chi connectivity index (χ1v) is 6.73. The topological polar surface area (TPSA) is 57.7 Å². The van der Waals surface area contributed by atoms with Crippen molar-refractivity contribution in [1.82, 2.24) is 19.9 Å². The van der Waals surface area contributed by atoms with Gasteiger partial charge in [-0.05, 0) is 0 Å². The highest BCUT2D eigenvalue weighted by Gasteiger charge is 2.63. The molecule has 0 aromatic carbocycles. The molecule has 0 saturated carbocycles. The van der Waals surface area contributed by atoms with Gasteiger partial charge in [0.1, 0.15) is 11.3 Å². The molecular weight excluding hydrogens is 302 g/mol. The number of alkyl halides is 4. The molecular formula is C13H15F4N5. The van der Waals surface area contributed by atoms with Crippen molar-refractivity contribution in [1.29, 1.82) is 0 Å². The smallest absolute Gasteiger partial charge is 0.329 e. The summed E-state index contributed by atoms with van der Waals surface area (Å²) < 4.78 is 53.8. The van der Waals surface area contributed by atoms with Crippen LogP contribution in [-0.4, -0.2) is 44.9 Å². The Labute approximate surface area is 123 Å². The number of nitrogens with one attached hydrogen (secondary N) is 1. The number of halogens is 4. The first kappa shape index (κ1) is 15.0. The van der Waals surface area contributed by atoms with Crippen LogP contribution in [0.25, 0.3) is 11.2 Å². The summed E-state index contributed by atoms with van der Waals surface area (Å²) >= 11 is 0. The van der Waals surface area contributed by atoms with Gasteiger partial charge in [0.05, 0.1) is 19.4 Å². The van der Waals surface area contributed by atoms with Gasteiger partial charge in [-0.3, -0.25) is 0 Å². The maximum atomic E-state index is 13.5. The number of imidazole rings is 1. The lowest BCUT2D eigenvalue weighted by atomic mass is 9.96. The van der Waals surface area contributed by atoms with E-state index in [1.807, 2.05) is 20.8 Å². The Hall–Kier alpha value is -1.93. The molecule has 0 bridgehead atoms. The van der Waals surface area contributed by atoms with Gasteiger partial charge in [-0.2, -0.15) is 17.6 Å². The molecule has 1 aliphatic rings. The summed E-state index contributed by atoms with van der Waals surface area (Å²) in [5.41, 5.74) is 0.0853. The van der Waals surface area contributed by atoms with Crippen LogP contribution in [0.1, 0.15) is 26.6 Å². The van der Waals surface area contributed by atoms with Crippen LogP contribution < -0.4 is 4.90 Å². The average Bonchev–Trinajstić information content (AvgIpc) is 2.89. The second-order valence-corrected chi connectivity index (χ2v) is 6.49. The molecule has 2 aromatic rings. The molecule has 0 atom stereocenters. The van der Waals surface area contributed by atoms with E-state index in [0.717, 1.165) is 4.90 Å². The van der Waals surface area contributed by atoms with Crippen LogP contribution in [0.5, 0.6) is 0 Å². The van der Waals surface area contributed by atoms with Gasteiger partial charge in [0, 0.05) is 5.41 Å². The number of hydrogen-bond donors (Lipinski definition) is 1. The van der Waals surface area contributed by atoms with Crippen molar-refractivity contribution in [2.45, 2.75) is 38.0 Å². The number of fused-ring (bicyclic) bond motifs is 1. The summed E-state index contributed by atoms with van der Waals surface area (Å²) in [6.45, 7) is 3.36. The number of rotatable bonds is 1. The van der Waals surface area contributed by atoms with Gasteiger partial charge in [-0.25, -0.2) is 15.0 Å². The molecule has 120 valence electrons. The van der Waals surface area contributed by atoms with Crippen LogP contribution in [0, 0.1) is 0 Å². The van der Waals surface area contributed by atoms with Crippen molar-refractivity contribution in [2.75, 3.05) is 18.0 Å². The molecule has 0 aliphatic carbocycles. The number of anilines is 1. The van der Waals surface area contributed by atoms with Crippen LogP contribution in [0.3, 0.4) is 0 Å². The fourth-order valence-corrected chi connectivity index (χ4v) is 2.30. The highest BCUT2D eigenvalue weighted by molar-refractivity contribution is 5.83. The first-order valence-electron chi connectivity index (χ1n) is 6.73. The third-order valence-electron chi connectivity index (χ3n) is 3.55. The Morgan fingerprint density at radius 1 is 1.09 bits per heavy atom. The van der Waals surface area contributed by atoms with Gasteiger partial charge >= 0.3 is 11.8 Å². The molecule has 1 saturated heterocycles. The summed E-state index contributed by atoms with van der Waals surface area (Å²) in [5, 5.41) is 0. The molecule has 0 unspecified atom stereocenters. The quantitative estimate of drug-likeness (QED) is 0.822. The SMILES string of the molecule is CC(C)(C)c1nc(N2CC(F)(F)C(F)(F)C2)c2[nH]cnc2n1. The summed E-state index contributed by atoms with van der Waals surface area (Å²) in [7, 11) is 0. The molecule has 9 heteroatoms. The standard InChI is InChI=1S/C13H15F4N5/c1-11(2,3)10-20-8-7(18-6-19-8)9(21-10)22-4-12(14,15)13(16,17)5-22/h6H,4-5H2,1-3H3,(H,18,19,20,21). The maximum absolute atomic E-state index is 13.5. The number of aromatic nitrogens is 4. The number of hydrogen-bond acceptors (Lipinski definition) is 4. The fourth-order valence-electron chi connectivity index (χ4n) is 2.30. The highest BCUT2D eigenvalue weighted by atomic mass is 19.3. The van der Waals surface area contributed by atoms with E-state index in [2.05, 4.69) is 19.9 Å². The molecule has 22 heavy (non-hydrogen) atoms. The zero-order valence-electron chi connectivity index (χ0n) is 12.3. The van der Waals surface area contributed by atoms with E-state index in [1.54, 1.807) is 0 Å². The van der Waals surface area contributed by atoms with Gasteiger partial charge in [0.2, 0.25) is 0 Å². The van der Waals surface area contributed by atoms with Crippen molar-refractivity contribution in [2.24, 2.45) is 0 Å². The van der Waals surface area contributed by atoms with Crippen LogP contribution >= 0.6 is 0 Å². The normalized spacial score (nSPS) is 20.8. The molecule has 1 fully saturated rings.